The second kappa shape index (κ2) is 5.76. The summed E-state index contributed by atoms with van der Waals surface area (Å²) in [7, 11) is 0. The molecule has 1 N–H and O–H groups in total. The second-order valence-corrected chi connectivity index (χ2v) is 6.81. The van der Waals surface area contributed by atoms with Gasteiger partial charge in [0, 0.05) is 17.3 Å². The highest BCUT2D eigenvalue weighted by Crippen LogP contribution is 2.30. The Morgan fingerprint density at radius 2 is 1.88 bits per heavy atom. The number of aromatic nitrogens is 3. The molecule has 4 nitrogen and oxygen atoms in total. The summed E-state index contributed by atoms with van der Waals surface area (Å²) in [5.74, 6) is 0. The van der Waals surface area contributed by atoms with Crippen LogP contribution in [0.1, 0.15) is 16.8 Å². The van der Waals surface area contributed by atoms with E-state index in [-0.39, 0.29) is 0 Å². The Labute approximate surface area is 144 Å². The number of benzene rings is 1. The van der Waals surface area contributed by atoms with Gasteiger partial charge in [-0.05, 0) is 50.1 Å². The Kier molecular flexibility index (Phi) is 3.58. The van der Waals surface area contributed by atoms with E-state index in [1.165, 1.54) is 11.1 Å². The zero-order chi connectivity index (χ0) is 16.7. The lowest BCUT2D eigenvalue weighted by Crippen LogP contribution is -1.93. The Balaban J connectivity index is 1.73. The number of nitrogens with zero attached hydrogens (tertiary/aromatic N) is 3. The minimum atomic E-state index is 0.890. The van der Waals surface area contributed by atoms with Gasteiger partial charge in [0.25, 0.3) is 0 Å². The average Bonchev–Trinajstić information content (AvgIpc) is 3.12. The lowest BCUT2D eigenvalue weighted by atomic mass is 10.2. The van der Waals surface area contributed by atoms with Gasteiger partial charge < -0.3 is 5.32 Å². The van der Waals surface area contributed by atoms with Gasteiger partial charge >= 0.3 is 0 Å². The molecule has 0 amide bonds. The summed E-state index contributed by atoms with van der Waals surface area (Å²) in [4.78, 5) is 9.43. The molecule has 0 bridgehead atoms. The Bertz CT molecular complexity index is 1030. The highest BCUT2D eigenvalue weighted by molar-refractivity contribution is 7.14. The Hall–Kier alpha value is -2.66. The molecule has 4 aromatic rings. The number of hydrogen-bond acceptors (Lipinski definition) is 4. The molecule has 0 fully saturated rings. The lowest BCUT2D eigenvalue weighted by Gasteiger charge is -2.05. The van der Waals surface area contributed by atoms with Crippen LogP contribution in [-0.4, -0.2) is 14.4 Å². The van der Waals surface area contributed by atoms with Crippen molar-refractivity contribution in [1.82, 2.24) is 14.4 Å². The summed E-state index contributed by atoms with van der Waals surface area (Å²) in [6, 6.07) is 12.4. The highest BCUT2D eigenvalue weighted by atomic mass is 32.1. The van der Waals surface area contributed by atoms with E-state index in [2.05, 4.69) is 64.4 Å². The number of hydrogen-bond donors (Lipinski definition) is 1. The molecule has 24 heavy (non-hydrogen) atoms. The number of imidazole rings is 1. The van der Waals surface area contributed by atoms with Gasteiger partial charge in [-0.3, -0.25) is 4.40 Å². The molecule has 120 valence electrons. The minimum Gasteiger partial charge on any atom is -0.331 e. The van der Waals surface area contributed by atoms with Crippen molar-refractivity contribution in [2.75, 3.05) is 5.32 Å². The van der Waals surface area contributed by atoms with Crippen LogP contribution in [0.15, 0.2) is 48.0 Å². The van der Waals surface area contributed by atoms with Crippen molar-refractivity contribution in [3.8, 4) is 11.4 Å². The average molecular weight is 334 g/mol. The number of aryl methyl sites for hydroxylation is 3. The molecule has 5 heteroatoms. The summed E-state index contributed by atoms with van der Waals surface area (Å²) in [5.41, 5.74) is 7.46. The van der Waals surface area contributed by atoms with E-state index in [0.717, 1.165) is 33.5 Å². The Morgan fingerprint density at radius 3 is 2.71 bits per heavy atom. The molecule has 0 saturated heterocycles. The van der Waals surface area contributed by atoms with E-state index in [9.17, 15) is 0 Å². The maximum Gasteiger partial charge on any atom is 0.187 e. The van der Waals surface area contributed by atoms with Gasteiger partial charge in [-0.25, -0.2) is 9.97 Å². The maximum atomic E-state index is 4.77. The van der Waals surface area contributed by atoms with Crippen LogP contribution in [0.4, 0.5) is 10.8 Å². The predicted molar refractivity (Wildman–Crippen MR) is 100 cm³/mol. The molecule has 0 radical (unpaired) electrons. The molecular formula is C19H18N4S. The lowest BCUT2D eigenvalue weighted by molar-refractivity contribution is 1.16. The molecule has 0 aliphatic heterocycles. The molecule has 3 heterocycles. The van der Waals surface area contributed by atoms with E-state index in [0.29, 0.717) is 0 Å². The van der Waals surface area contributed by atoms with Gasteiger partial charge in [0.15, 0.2) is 5.13 Å². The van der Waals surface area contributed by atoms with Gasteiger partial charge in [-0.2, -0.15) is 0 Å². The first kappa shape index (κ1) is 14.9. The van der Waals surface area contributed by atoms with E-state index >= 15 is 0 Å². The predicted octanol–water partition coefficient (Wildman–Crippen LogP) is 5.13. The van der Waals surface area contributed by atoms with Gasteiger partial charge in [-0.1, -0.05) is 18.2 Å². The first-order valence-corrected chi connectivity index (χ1v) is 8.73. The third kappa shape index (κ3) is 2.57. The van der Waals surface area contributed by atoms with Crippen LogP contribution in [0.5, 0.6) is 0 Å². The highest BCUT2D eigenvalue weighted by Gasteiger charge is 2.14. The Morgan fingerprint density at radius 1 is 1.04 bits per heavy atom. The zero-order valence-electron chi connectivity index (χ0n) is 13.9. The van der Waals surface area contributed by atoms with Gasteiger partial charge in [0.05, 0.1) is 11.4 Å². The normalized spacial score (nSPS) is 11.1. The van der Waals surface area contributed by atoms with Crippen molar-refractivity contribution >= 4 is 27.8 Å². The SMILES string of the molecule is Cc1ccn2c(-c3csc(Nc4ccccc4C)n3)c(C)nc2c1. The number of anilines is 2. The summed E-state index contributed by atoms with van der Waals surface area (Å²) < 4.78 is 2.11. The van der Waals surface area contributed by atoms with Crippen molar-refractivity contribution < 1.29 is 0 Å². The van der Waals surface area contributed by atoms with Crippen LogP contribution in [-0.2, 0) is 0 Å². The molecule has 0 spiro atoms. The monoisotopic (exact) mass is 334 g/mol. The second-order valence-electron chi connectivity index (χ2n) is 5.96. The minimum absolute atomic E-state index is 0.890. The molecule has 0 aliphatic rings. The summed E-state index contributed by atoms with van der Waals surface area (Å²) in [6.07, 6.45) is 2.06. The van der Waals surface area contributed by atoms with Crippen molar-refractivity contribution in [1.29, 1.82) is 0 Å². The molecule has 0 unspecified atom stereocenters. The fourth-order valence-electron chi connectivity index (χ4n) is 2.84. The van der Waals surface area contributed by atoms with Crippen molar-refractivity contribution in [3.05, 3.63) is 64.8 Å². The number of nitrogens with one attached hydrogen (secondary N) is 1. The largest absolute Gasteiger partial charge is 0.331 e. The molecule has 3 aromatic heterocycles. The van der Waals surface area contributed by atoms with E-state index in [1.54, 1.807) is 11.3 Å². The standard InChI is InChI=1S/C19H18N4S/c1-12-8-9-23-17(10-12)20-14(3)18(23)16-11-24-19(22-16)21-15-7-5-4-6-13(15)2/h4-11H,1-3H3,(H,21,22). The fourth-order valence-corrected chi connectivity index (χ4v) is 3.55. The number of rotatable bonds is 3. The molecule has 0 saturated carbocycles. The topological polar surface area (TPSA) is 42.2 Å². The van der Waals surface area contributed by atoms with Crippen LogP contribution < -0.4 is 5.32 Å². The molecule has 0 atom stereocenters. The first-order chi connectivity index (χ1) is 11.6. The number of fused-ring (bicyclic) bond motifs is 1. The van der Waals surface area contributed by atoms with Crippen LogP contribution in [0.3, 0.4) is 0 Å². The summed E-state index contributed by atoms with van der Waals surface area (Å²) in [5, 5.41) is 6.38. The first-order valence-electron chi connectivity index (χ1n) is 7.86. The number of thiazole rings is 1. The zero-order valence-corrected chi connectivity index (χ0v) is 14.7. The van der Waals surface area contributed by atoms with E-state index < -0.39 is 0 Å². The van der Waals surface area contributed by atoms with Gasteiger partial charge in [0.2, 0.25) is 0 Å². The van der Waals surface area contributed by atoms with E-state index in [4.69, 9.17) is 4.98 Å². The number of para-hydroxylation sites is 1. The molecular weight excluding hydrogens is 316 g/mol. The van der Waals surface area contributed by atoms with Gasteiger partial charge in [0.1, 0.15) is 11.3 Å². The maximum absolute atomic E-state index is 4.77. The third-order valence-electron chi connectivity index (χ3n) is 4.09. The van der Waals surface area contributed by atoms with Crippen molar-refractivity contribution in [2.24, 2.45) is 0 Å². The van der Waals surface area contributed by atoms with Gasteiger partial charge in [-0.15, -0.1) is 11.3 Å². The molecule has 4 rings (SSSR count). The van der Waals surface area contributed by atoms with Crippen LogP contribution in [0, 0.1) is 20.8 Å². The quantitative estimate of drug-likeness (QED) is 0.565. The van der Waals surface area contributed by atoms with Crippen molar-refractivity contribution in [3.63, 3.8) is 0 Å². The fraction of sp³-hybridized carbons (Fsp3) is 0.158. The van der Waals surface area contributed by atoms with E-state index in [1.807, 2.05) is 19.1 Å². The molecule has 1 aromatic carbocycles. The summed E-state index contributed by atoms with van der Waals surface area (Å²) in [6.45, 7) is 6.20. The molecule has 0 aliphatic carbocycles. The van der Waals surface area contributed by atoms with Crippen LogP contribution in [0.2, 0.25) is 0 Å². The van der Waals surface area contributed by atoms with Crippen molar-refractivity contribution in [2.45, 2.75) is 20.8 Å². The smallest absolute Gasteiger partial charge is 0.187 e. The van der Waals surface area contributed by atoms with Crippen LogP contribution in [0.25, 0.3) is 17.0 Å². The third-order valence-corrected chi connectivity index (χ3v) is 4.85. The van der Waals surface area contributed by atoms with Crippen LogP contribution >= 0.6 is 11.3 Å². The summed E-state index contributed by atoms with van der Waals surface area (Å²) >= 11 is 1.61. The number of pyridine rings is 1.